The smallest absolute Gasteiger partial charge is 0.416 e. The van der Waals surface area contributed by atoms with Crippen LogP contribution in [0.15, 0.2) is 102 Å². The molecule has 1 heterocycles. The van der Waals surface area contributed by atoms with Gasteiger partial charge in [-0.25, -0.2) is 4.79 Å². The summed E-state index contributed by atoms with van der Waals surface area (Å²) in [6.45, 7) is 0.407. The first-order valence-corrected chi connectivity index (χ1v) is 11.7. The van der Waals surface area contributed by atoms with Gasteiger partial charge in [0.2, 0.25) is 0 Å². The third kappa shape index (κ3) is 7.16. The third-order valence-corrected chi connectivity index (χ3v) is 5.40. The number of nitrogens with zero attached hydrogens (tertiary/aromatic N) is 1. The summed E-state index contributed by atoms with van der Waals surface area (Å²) in [5, 5.41) is 4.98. The maximum absolute atomic E-state index is 13.1. The van der Waals surface area contributed by atoms with Crippen LogP contribution in [0.1, 0.15) is 22.5 Å². The van der Waals surface area contributed by atoms with Crippen LogP contribution in [0.3, 0.4) is 0 Å². The topological polar surface area (TPSA) is 83.8 Å². The van der Waals surface area contributed by atoms with Gasteiger partial charge in [-0.2, -0.15) is 13.2 Å². The second-order valence-corrected chi connectivity index (χ2v) is 8.16. The average molecular weight is 524 g/mol. The summed E-state index contributed by atoms with van der Waals surface area (Å²) in [7, 11) is 0. The van der Waals surface area contributed by atoms with Crippen molar-refractivity contribution in [3.8, 4) is 11.5 Å². The van der Waals surface area contributed by atoms with Gasteiger partial charge in [0.05, 0.1) is 11.8 Å². The monoisotopic (exact) mass is 523 g/mol. The largest absolute Gasteiger partial charge is 0.459 e. The molecule has 0 aliphatic rings. The van der Waals surface area contributed by atoms with E-state index in [9.17, 15) is 22.8 Å². The van der Waals surface area contributed by atoms with Crippen LogP contribution in [0.2, 0.25) is 0 Å². The molecule has 10 heteroatoms. The number of urea groups is 1. The van der Waals surface area contributed by atoms with Gasteiger partial charge < -0.3 is 24.7 Å². The van der Waals surface area contributed by atoms with Crippen molar-refractivity contribution < 1.29 is 31.9 Å². The van der Waals surface area contributed by atoms with E-state index >= 15 is 0 Å². The van der Waals surface area contributed by atoms with Gasteiger partial charge in [0, 0.05) is 24.5 Å². The van der Waals surface area contributed by atoms with Crippen LogP contribution in [0.25, 0.3) is 0 Å². The molecule has 0 aliphatic carbocycles. The van der Waals surface area contributed by atoms with E-state index in [0.717, 1.165) is 12.1 Å². The number of furan rings is 1. The second-order valence-electron chi connectivity index (χ2n) is 8.16. The van der Waals surface area contributed by atoms with E-state index in [4.69, 9.17) is 9.15 Å². The van der Waals surface area contributed by atoms with Crippen molar-refractivity contribution in [2.45, 2.75) is 12.6 Å². The van der Waals surface area contributed by atoms with Crippen LogP contribution in [0, 0.1) is 0 Å². The lowest BCUT2D eigenvalue weighted by Crippen LogP contribution is -2.35. The van der Waals surface area contributed by atoms with E-state index < -0.39 is 17.8 Å². The summed E-state index contributed by atoms with van der Waals surface area (Å²) >= 11 is 0. The van der Waals surface area contributed by atoms with Gasteiger partial charge in [-0.15, -0.1) is 0 Å². The number of amides is 3. The van der Waals surface area contributed by atoms with Crippen LogP contribution in [-0.2, 0) is 6.18 Å². The molecule has 0 saturated heterocycles. The molecular formula is C28H24F3N3O4. The Hall–Kier alpha value is -4.73. The molecule has 0 atom stereocenters. The van der Waals surface area contributed by atoms with Crippen molar-refractivity contribution in [1.29, 1.82) is 0 Å². The number of hydrogen-bond donors (Lipinski definition) is 2. The minimum atomic E-state index is -4.51. The molecule has 196 valence electrons. The van der Waals surface area contributed by atoms with Crippen LogP contribution in [0.4, 0.5) is 29.3 Å². The zero-order valence-electron chi connectivity index (χ0n) is 20.1. The zero-order chi connectivity index (χ0) is 27.0. The van der Waals surface area contributed by atoms with Gasteiger partial charge in [-0.3, -0.25) is 4.79 Å². The zero-order valence-corrected chi connectivity index (χ0v) is 20.1. The summed E-state index contributed by atoms with van der Waals surface area (Å²) < 4.78 is 49.7. The van der Waals surface area contributed by atoms with Crippen LogP contribution in [-0.4, -0.2) is 25.0 Å². The number of ether oxygens (including phenoxy) is 1. The number of alkyl halides is 3. The fourth-order valence-corrected chi connectivity index (χ4v) is 3.59. The molecule has 2 N–H and O–H groups in total. The van der Waals surface area contributed by atoms with Gasteiger partial charge >= 0.3 is 12.2 Å². The Morgan fingerprint density at radius 3 is 2.29 bits per heavy atom. The molecule has 0 unspecified atom stereocenters. The normalized spacial score (nSPS) is 11.0. The van der Waals surface area contributed by atoms with Crippen LogP contribution >= 0.6 is 0 Å². The van der Waals surface area contributed by atoms with E-state index in [0.29, 0.717) is 23.6 Å². The lowest BCUT2D eigenvalue weighted by atomic mass is 10.2. The molecular weight excluding hydrogens is 499 g/mol. The minimum absolute atomic E-state index is 0.0183. The number of rotatable bonds is 9. The summed E-state index contributed by atoms with van der Waals surface area (Å²) in [6.07, 6.45) is -2.74. The van der Waals surface area contributed by atoms with Gasteiger partial charge in [-0.1, -0.05) is 24.3 Å². The number of para-hydroxylation sites is 1. The molecule has 0 saturated carbocycles. The van der Waals surface area contributed by atoms with Crippen LogP contribution in [0.5, 0.6) is 11.5 Å². The number of anilines is 2. The lowest BCUT2D eigenvalue weighted by molar-refractivity contribution is -0.137. The van der Waals surface area contributed by atoms with E-state index in [2.05, 4.69) is 10.6 Å². The van der Waals surface area contributed by atoms with E-state index in [1.54, 1.807) is 36.4 Å². The maximum Gasteiger partial charge on any atom is 0.416 e. The lowest BCUT2D eigenvalue weighted by Gasteiger charge is -2.22. The third-order valence-electron chi connectivity index (χ3n) is 5.40. The fraction of sp³-hybridized carbons (Fsp3) is 0.143. The van der Waals surface area contributed by atoms with Crippen molar-refractivity contribution in [3.63, 3.8) is 0 Å². The number of carbonyl (C=O) groups excluding carboxylic acids is 2. The van der Waals surface area contributed by atoms with Crippen molar-refractivity contribution in [2.75, 3.05) is 23.3 Å². The standard InChI is InChI=1S/C28H24F3N3O4/c29-28(30,31)20-7-4-8-21(19-20)33-27(36)32-16-6-17-34(26(35)25-11-5-18-37-25)22-12-14-24(15-13-22)38-23-9-2-1-3-10-23/h1-5,7-15,18-19H,6,16-17H2,(H2,32,33,36). The summed E-state index contributed by atoms with van der Waals surface area (Å²) in [4.78, 5) is 26.8. The quantitative estimate of drug-likeness (QED) is 0.233. The van der Waals surface area contributed by atoms with Crippen molar-refractivity contribution >= 4 is 23.3 Å². The number of nitrogens with one attached hydrogen (secondary N) is 2. The molecule has 1 aromatic heterocycles. The molecule has 0 fully saturated rings. The van der Waals surface area contributed by atoms with E-state index in [1.807, 2.05) is 30.3 Å². The summed E-state index contributed by atoms with van der Waals surface area (Å²) in [5.41, 5.74) is -0.243. The average Bonchev–Trinajstić information content (AvgIpc) is 3.45. The second kappa shape index (κ2) is 12.0. The number of hydrogen-bond acceptors (Lipinski definition) is 4. The Morgan fingerprint density at radius 2 is 1.61 bits per heavy atom. The van der Waals surface area contributed by atoms with Gasteiger partial charge in [0.1, 0.15) is 11.5 Å². The Labute approximate surface area is 216 Å². The fourth-order valence-electron chi connectivity index (χ4n) is 3.59. The van der Waals surface area contributed by atoms with Crippen molar-refractivity contribution in [2.24, 2.45) is 0 Å². The highest BCUT2D eigenvalue weighted by molar-refractivity contribution is 6.04. The summed E-state index contributed by atoms with van der Waals surface area (Å²) in [5.74, 6) is 1.07. The number of halogens is 3. The number of benzene rings is 3. The highest BCUT2D eigenvalue weighted by Crippen LogP contribution is 2.30. The van der Waals surface area contributed by atoms with Crippen molar-refractivity contribution in [1.82, 2.24) is 5.32 Å². The molecule has 4 aromatic rings. The molecule has 4 rings (SSSR count). The highest BCUT2D eigenvalue weighted by Gasteiger charge is 2.30. The Bertz CT molecular complexity index is 1340. The molecule has 0 radical (unpaired) electrons. The molecule has 3 amide bonds. The first kappa shape index (κ1) is 26.3. The van der Waals surface area contributed by atoms with E-state index in [1.165, 1.54) is 23.3 Å². The Morgan fingerprint density at radius 1 is 0.868 bits per heavy atom. The predicted molar refractivity (Wildman–Crippen MR) is 136 cm³/mol. The first-order chi connectivity index (χ1) is 18.3. The molecule has 0 aliphatic heterocycles. The minimum Gasteiger partial charge on any atom is -0.459 e. The number of carbonyl (C=O) groups is 2. The van der Waals surface area contributed by atoms with Gasteiger partial charge in [0.15, 0.2) is 5.76 Å². The Balaban J connectivity index is 1.35. The predicted octanol–water partition coefficient (Wildman–Crippen LogP) is 6.95. The molecule has 38 heavy (non-hydrogen) atoms. The van der Waals surface area contributed by atoms with E-state index in [-0.39, 0.29) is 30.4 Å². The molecule has 7 nitrogen and oxygen atoms in total. The van der Waals surface area contributed by atoms with Crippen LogP contribution < -0.4 is 20.3 Å². The molecule has 0 bridgehead atoms. The summed E-state index contributed by atoms with van der Waals surface area (Å²) in [6, 6.07) is 23.1. The SMILES string of the molecule is O=C(NCCCN(C(=O)c1ccco1)c1ccc(Oc2ccccc2)cc1)Nc1cccc(C(F)(F)F)c1. The maximum atomic E-state index is 13.1. The highest BCUT2D eigenvalue weighted by atomic mass is 19.4. The molecule has 3 aromatic carbocycles. The molecule has 0 spiro atoms. The van der Waals surface area contributed by atoms with Gasteiger partial charge in [0.25, 0.3) is 5.91 Å². The van der Waals surface area contributed by atoms with Gasteiger partial charge in [-0.05, 0) is 73.2 Å². The van der Waals surface area contributed by atoms with Crippen molar-refractivity contribution in [3.05, 3.63) is 109 Å². The Kier molecular flexibility index (Phi) is 8.32. The first-order valence-electron chi connectivity index (χ1n) is 11.7.